The molecule has 0 aliphatic carbocycles. The van der Waals surface area contributed by atoms with Crippen LogP contribution < -0.4 is 9.64 Å². The Balaban J connectivity index is 1.45. The molecule has 0 unspecified atom stereocenters. The number of anilines is 1. The van der Waals surface area contributed by atoms with Crippen molar-refractivity contribution in [2.75, 3.05) is 25.1 Å². The van der Waals surface area contributed by atoms with Gasteiger partial charge in [-0.3, -0.25) is 0 Å². The Morgan fingerprint density at radius 2 is 1.76 bits per heavy atom. The summed E-state index contributed by atoms with van der Waals surface area (Å²) >= 11 is 1.62. The summed E-state index contributed by atoms with van der Waals surface area (Å²) in [6.07, 6.45) is 1.21. The molecule has 2 heterocycles. The molecule has 0 radical (unpaired) electrons. The second-order valence-electron chi connectivity index (χ2n) is 7.24. The zero-order chi connectivity index (χ0) is 20.4. The smallest absolute Gasteiger partial charge is 0.185 e. The monoisotopic (exact) mass is 428 g/mol. The highest BCUT2D eigenvalue weighted by atomic mass is 32.2. The molecule has 0 spiro atoms. The highest BCUT2D eigenvalue weighted by Crippen LogP contribution is 2.32. The molecule has 5 nitrogen and oxygen atoms in total. The maximum Gasteiger partial charge on any atom is 0.185 e. The van der Waals surface area contributed by atoms with E-state index in [1.807, 2.05) is 12.1 Å². The maximum absolute atomic E-state index is 13.0. The fourth-order valence-electron chi connectivity index (χ4n) is 3.71. The second-order valence-corrected chi connectivity index (χ2v) is 10.3. The number of thiazole rings is 1. The third kappa shape index (κ3) is 4.02. The minimum atomic E-state index is -3.34. The molecule has 0 bridgehead atoms. The average Bonchev–Trinajstić information content (AvgIpc) is 3.24. The molecule has 1 aliphatic rings. The Bertz CT molecular complexity index is 1080. The molecule has 0 N–H and O–H groups in total. The number of benzene rings is 2. The van der Waals surface area contributed by atoms with E-state index < -0.39 is 9.84 Å². The first-order chi connectivity index (χ1) is 14.0. The number of hydrogen-bond donors (Lipinski definition) is 0. The zero-order valence-corrected chi connectivity index (χ0v) is 18.2. The van der Waals surface area contributed by atoms with E-state index in [0.29, 0.717) is 36.6 Å². The van der Waals surface area contributed by atoms with Gasteiger partial charge in [0.1, 0.15) is 5.75 Å². The molecule has 152 valence electrons. The van der Waals surface area contributed by atoms with Crippen LogP contribution in [0.1, 0.15) is 18.4 Å². The van der Waals surface area contributed by atoms with Crippen LogP contribution in [-0.4, -0.2) is 38.9 Å². The lowest BCUT2D eigenvalue weighted by molar-refractivity contribution is 0.414. The Kier molecular flexibility index (Phi) is 5.61. The van der Waals surface area contributed by atoms with E-state index in [0.717, 1.165) is 16.4 Å². The number of methoxy groups -OCH3 is 1. The largest absolute Gasteiger partial charge is 0.497 e. The molecule has 3 aromatic rings. The predicted octanol–water partition coefficient (Wildman–Crippen LogP) is 4.57. The van der Waals surface area contributed by atoms with E-state index >= 15 is 0 Å². The molecule has 1 saturated heterocycles. The molecule has 1 fully saturated rings. The summed E-state index contributed by atoms with van der Waals surface area (Å²) in [4.78, 5) is 7.38. The van der Waals surface area contributed by atoms with E-state index in [-0.39, 0.29) is 5.25 Å². The van der Waals surface area contributed by atoms with Crippen molar-refractivity contribution in [1.29, 1.82) is 0 Å². The molecule has 4 rings (SSSR count). The Morgan fingerprint density at radius 1 is 1.07 bits per heavy atom. The van der Waals surface area contributed by atoms with Gasteiger partial charge in [0, 0.05) is 24.0 Å². The van der Waals surface area contributed by atoms with Gasteiger partial charge in [-0.25, -0.2) is 13.4 Å². The van der Waals surface area contributed by atoms with Crippen LogP contribution in [-0.2, 0) is 9.84 Å². The third-order valence-electron chi connectivity index (χ3n) is 5.45. The second kappa shape index (κ2) is 8.16. The van der Waals surface area contributed by atoms with Crippen LogP contribution >= 0.6 is 11.3 Å². The van der Waals surface area contributed by atoms with Crippen molar-refractivity contribution in [3.8, 4) is 17.0 Å². The number of sulfone groups is 1. The van der Waals surface area contributed by atoms with Crippen molar-refractivity contribution in [2.45, 2.75) is 29.9 Å². The van der Waals surface area contributed by atoms with Gasteiger partial charge in [-0.15, -0.1) is 11.3 Å². The lowest BCUT2D eigenvalue weighted by atomic mass is 10.1. The van der Waals surface area contributed by atoms with Gasteiger partial charge in [0.25, 0.3) is 0 Å². The summed E-state index contributed by atoms with van der Waals surface area (Å²) in [5.41, 5.74) is 3.33. The predicted molar refractivity (Wildman–Crippen MR) is 118 cm³/mol. The van der Waals surface area contributed by atoms with Gasteiger partial charge in [-0.05, 0) is 49.6 Å². The lowest BCUT2D eigenvalue weighted by Crippen LogP contribution is -2.39. The van der Waals surface area contributed by atoms with Crippen LogP contribution in [0.5, 0.6) is 5.75 Å². The maximum atomic E-state index is 13.0. The first kappa shape index (κ1) is 19.9. The number of aromatic nitrogens is 1. The van der Waals surface area contributed by atoms with E-state index in [4.69, 9.17) is 9.72 Å². The molecule has 0 saturated carbocycles. The zero-order valence-electron chi connectivity index (χ0n) is 16.5. The minimum absolute atomic E-state index is 0.358. The van der Waals surface area contributed by atoms with Crippen LogP contribution in [0.25, 0.3) is 11.3 Å². The van der Waals surface area contributed by atoms with Crippen molar-refractivity contribution in [3.63, 3.8) is 0 Å². The summed E-state index contributed by atoms with van der Waals surface area (Å²) < 4.78 is 31.1. The molecule has 2 aromatic carbocycles. The first-order valence-corrected chi connectivity index (χ1v) is 12.1. The first-order valence-electron chi connectivity index (χ1n) is 9.63. The number of aryl methyl sites for hydroxylation is 1. The molecule has 29 heavy (non-hydrogen) atoms. The van der Waals surface area contributed by atoms with Crippen LogP contribution in [0.4, 0.5) is 5.13 Å². The van der Waals surface area contributed by atoms with E-state index in [1.165, 1.54) is 5.56 Å². The van der Waals surface area contributed by atoms with Gasteiger partial charge in [0.2, 0.25) is 0 Å². The van der Waals surface area contributed by atoms with E-state index in [9.17, 15) is 8.42 Å². The van der Waals surface area contributed by atoms with Gasteiger partial charge in [0.05, 0.1) is 22.9 Å². The van der Waals surface area contributed by atoms with E-state index in [2.05, 4.69) is 29.3 Å². The molecule has 0 amide bonds. The normalized spacial score (nSPS) is 15.4. The summed E-state index contributed by atoms with van der Waals surface area (Å²) in [6, 6.07) is 14.9. The van der Waals surface area contributed by atoms with Crippen molar-refractivity contribution < 1.29 is 13.2 Å². The van der Waals surface area contributed by atoms with Gasteiger partial charge in [-0.2, -0.15) is 0 Å². The fraction of sp³-hybridized carbons (Fsp3) is 0.318. The van der Waals surface area contributed by atoms with Crippen LogP contribution in [0.15, 0.2) is 58.8 Å². The molecule has 1 aromatic heterocycles. The minimum Gasteiger partial charge on any atom is -0.497 e. The molecular weight excluding hydrogens is 404 g/mol. The summed E-state index contributed by atoms with van der Waals surface area (Å²) in [7, 11) is -1.76. The molecule has 0 atom stereocenters. The number of nitrogens with zero attached hydrogens (tertiary/aromatic N) is 2. The number of piperidine rings is 1. The van der Waals surface area contributed by atoms with Crippen molar-refractivity contribution in [2.24, 2.45) is 0 Å². The summed E-state index contributed by atoms with van der Waals surface area (Å²) in [5.74, 6) is 0.659. The highest BCUT2D eigenvalue weighted by molar-refractivity contribution is 7.92. The topological polar surface area (TPSA) is 59.5 Å². The molecule has 7 heteroatoms. The van der Waals surface area contributed by atoms with Crippen molar-refractivity contribution in [1.82, 2.24) is 4.98 Å². The number of hydrogen-bond acceptors (Lipinski definition) is 6. The quantitative estimate of drug-likeness (QED) is 0.596. The fourth-order valence-corrected chi connectivity index (χ4v) is 6.32. The van der Waals surface area contributed by atoms with Gasteiger partial charge in [0.15, 0.2) is 15.0 Å². The van der Waals surface area contributed by atoms with Crippen LogP contribution in [0.3, 0.4) is 0 Å². The SMILES string of the molecule is COc1ccc(S(=O)(=O)C2CCN(c3nc(-c4ccccc4C)cs3)CC2)cc1. The molecular formula is C22H24N2O3S2. The lowest BCUT2D eigenvalue weighted by Gasteiger charge is -2.31. The van der Waals surface area contributed by atoms with Gasteiger partial charge < -0.3 is 9.64 Å². The summed E-state index contributed by atoms with van der Waals surface area (Å²) in [6.45, 7) is 3.48. The van der Waals surface area contributed by atoms with Gasteiger partial charge in [-0.1, -0.05) is 24.3 Å². The van der Waals surface area contributed by atoms with Crippen molar-refractivity contribution >= 4 is 26.3 Å². The van der Waals surface area contributed by atoms with Gasteiger partial charge >= 0.3 is 0 Å². The Hall–Kier alpha value is -2.38. The van der Waals surface area contributed by atoms with Crippen molar-refractivity contribution in [3.05, 3.63) is 59.5 Å². The molecule has 1 aliphatic heterocycles. The van der Waals surface area contributed by atoms with Crippen LogP contribution in [0, 0.1) is 6.92 Å². The third-order valence-corrected chi connectivity index (χ3v) is 8.63. The Morgan fingerprint density at radius 3 is 2.41 bits per heavy atom. The van der Waals surface area contributed by atoms with Crippen LogP contribution in [0.2, 0.25) is 0 Å². The Labute approximate surface area is 175 Å². The number of rotatable bonds is 5. The standard InChI is InChI=1S/C22H24N2O3S2/c1-16-5-3-4-6-20(16)21-15-28-22(23-21)24-13-11-19(12-14-24)29(25,26)18-9-7-17(27-2)8-10-18/h3-10,15,19H,11-14H2,1-2H3. The summed E-state index contributed by atoms with van der Waals surface area (Å²) in [5, 5.41) is 2.68. The average molecular weight is 429 g/mol. The van der Waals surface area contributed by atoms with E-state index in [1.54, 1.807) is 42.7 Å². The highest BCUT2D eigenvalue weighted by Gasteiger charge is 2.32. The number of ether oxygens (including phenoxy) is 1.